The molecule has 1 N–H and O–H groups in total. The van der Waals surface area contributed by atoms with Gasteiger partial charge in [0, 0.05) is 18.1 Å². The zero-order valence-corrected chi connectivity index (χ0v) is 10.9. The van der Waals surface area contributed by atoms with Crippen LogP contribution in [0.2, 0.25) is 0 Å². The summed E-state index contributed by atoms with van der Waals surface area (Å²) < 4.78 is 0. The average molecular weight is 228 g/mol. The lowest BCUT2D eigenvalue weighted by Crippen LogP contribution is -2.49. The quantitative estimate of drug-likeness (QED) is 0.778. The van der Waals surface area contributed by atoms with Gasteiger partial charge in [-0.25, -0.2) is 0 Å². The van der Waals surface area contributed by atoms with Crippen molar-refractivity contribution in [2.75, 3.05) is 25.1 Å². The van der Waals surface area contributed by atoms with Gasteiger partial charge in [0.15, 0.2) is 0 Å². The lowest BCUT2D eigenvalue weighted by Gasteiger charge is -2.38. The molecule has 0 bridgehead atoms. The predicted molar refractivity (Wildman–Crippen MR) is 68.6 cm³/mol. The molecule has 2 heterocycles. The highest BCUT2D eigenvalue weighted by atomic mass is 32.2. The van der Waals surface area contributed by atoms with Crippen LogP contribution in [-0.2, 0) is 0 Å². The summed E-state index contributed by atoms with van der Waals surface area (Å²) >= 11 is 2.11. The van der Waals surface area contributed by atoms with E-state index in [2.05, 4.69) is 35.9 Å². The molecule has 0 saturated carbocycles. The second-order valence-corrected chi connectivity index (χ2v) is 6.33. The standard InChI is InChI=1S/C12H24N2S/c1-10-9-12(3-6-14(10)2)13-11-4-7-15-8-5-11/h10-13H,3-9H2,1-2H3. The molecule has 0 aromatic rings. The summed E-state index contributed by atoms with van der Waals surface area (Å²) in [7, 11) is 2.25. The van der Waals surface area contributed by atoms with Crippen LogP contribution in [0.5, 0.6) is 0 Å². The van der Waals surface area contributed by atoms with Crippen LogP contribution in [0.4, 0.5) is 0 Å². The van der Waals surface area contributed by atoms with Gasteiger partial charge in [-0.2, -0.15) is 11.8 Å². The van der Waals surface area contributed by atoms with E-state index in [0.717, 1.165) is 18.1 Å². The first-order valence-electron chi connectivity index (χ1n) is 6.29. The fourth-order valence-electron chi connectivity index (χ4n) is 2.64. The van der Waals surface area contributed by atoms with E-state index in [9.17, 15) is 0 Å². The molecule has 2 fully saturated rings. The molecule has 2 aliphatic rings. The van der Waals surface area contributed by atoms with Crippen molar-refractivity contribution < 1.29 is 0 Å². The first-order chi connectivity index (χ1) is 7.25. The molecule has 0 spiro atoms. The minimum absolute atomic E-state index is 0.759. The Hall–Kier alpha value is 0.270. The zero-order chi connectivity index (χ0) is 10.7. The van der Waals surface area contributed by atoms with E-state index in [1.807, 2.05) is 0 Å². The molecule has 2 nitrogen and oxygen atoms in total. The topological polar surface area (TPSA) is 15.3 Å². The fourth-order valence-corrected chi connectivity index (χ4v) is 3.74. The molecule has 88 valence electrons. The maximum atomic E-state index is 3.87. The van der Waals surface area contributed by atoms with E-state index >= 15 is 0 Å². The maximum absolute atomic E-state index is 3.87. The molecule has 0 aromatic carbocycles. The van der Waals surface area contributed by atoms with Crippen molar-refractivity contribution in [3.8, 4) is 0 Å². The van der Waals surface area contributed by atoms with Gasteiger partial charge in [-0.15, -0.1) is 0 Å². The molecule has 0 amide bonds. The minimum atomic E-state index is 0.759. The molecule has 0 aliphatic carbocycles. The van der Waals surface area contributed by atoms with E-state index in [1.165, 1.54) is 43.7 Å². The SMILES string of the molecule is CC1CC(NC2CCSCC2)CCN1C. The number of nitrogens with one attached hydrogen (secondary N) is 1. The van der Waals surface area contributed by atoms with Crippen molar-refractivity contribution in [2.45, 2.75) is 50.7 Å². The van der Waals surface area contributed by atoms with E-state index in [4.69, 9.17) is 0 Å². The van der Waals surface area contributed by atoms with E-state index in [0.29, 0.717) is 0 Å². The van der Waals surface area contributed by atoms with Gasteiger partial charge in [-0.3, -0.25) is 0 Å². The smallest absolute Gasteiger partial charge is 0.00966 e. The largest absolute Gasteiger partial charge is 0.311 e. The summed E-state index contributed by atoms with van der Waals surface area (Å²) in [6.07, 6.45) is 5.43. The van der Waals surface area contributed by atoms with Crippen molar-refractivity contribution >= 4 is 11.8 Å². The Balaban J connectivity index is 1.74. The second-order valence-electron chi connectivity index (χ2n) is 5.10. The van der Waals surface area contributed by atoms with Gasteiger partial charge in [-0.1, -0.05) is 0 Å². The molecular formula is C12H24N2S. The van der Waals surface area contributed by atoms with Gasteiger partial charge in [0.1, 0.15) is 0 Å². The van der Waals surface area contributed by atoms with Crippen molar-refractivity contribution in [1.29, 1.82) is 0 Å². The molecule has 2 atom stereocenters. The van der Waals surface area contributed by atoms with Crippen LogP contribution in [0.25, 0.3) is 0 Å². The molecule has 3 heteroatoms. The Morgan fingerprint density at radius 3 is 2.53 bits per heavy atom. The predicted octanol–water partition coefficient (Wildman–Crippen LogP) is 1.95. The Morgan fingerprint density at radius 1 is 1.13 bits per heavy atom. The first kappa shape index (κ1) is 11.7. The summed E-state index contributed by atoms with van der Waals surface area (Å²) in [5.74, 6) is 2.72. The van der Waals surface area contributed by atoms with Crippen LogP contribution < -0.4 is 5.32 Å². The van der Waals surface area contributed by atoms with Crippen LogP contribution in [0.3, 0.4) is 0 Å². The van der Waals surface area contributed by atoms with Crippen molar-refractivity contribution in [1.82, 2.24) is 10.2 Å². The number of hydrogen-bond acceptors (Lipinski definition) is 3. The van der Waals surface area contributed by atoms with Crippen molar-refractivity contribution in [3.05, 3.63) is 0 Å². The molecule has 0 aromatic heterocycles. The lowest BCUT2D eigenvalue weighted by molar-refractivity contribution is 0.161. The summed E-state index contributed by atoms with van der Waals surface area (Å²) in [5, 5.41) is 3.87. The second kappa shape index (κ2) is 5.55. The van der Waals surface area contributed by atoms with Crippen LogP contribution in [0.1, 0.15) is 32.6 Å². The lowest BCUT2D eigenvalue weighted by atomic mass is 9.97. The van der Waals surface area contributed by atoms with Crippen molar-refractivity contribution in [3.63, 3.8) is 0 Å². The van der Waals surface area contributed by atoms with Gasteiger partial charge in [0.05, 0.1) is 0 Å². The third-order valence-corrected chi connectivity index (χ3v) is 4.95. The number of thioether (sulfide) groups is 1. The van der Waals surface area contributed by atoms with Crippen molar-refractivity contribution in [2.24, 2.45) is 0 Å². The Bertz CT molecular complexity index is 192. The summed E-state index contributed by atoms with van der Waals surface area (Å²) in [6.45, 7) is 3.62. The number of nitrogens with zero attached hydrogens (tertiary/aromatic N) is 1. The molecule has 2 saturated heterocycles. The van der Waals surface area contributed by atoms with Gasteiger partial charge < -0.3 is 10.2 Å². The number of piperidine rings is 1. The molecule has 15 heavy (non-hydrogen) atoms. The summed E-state index contributed by atoms with van der Waals surface area (Å²) in [5.41, 5.74) is 0. The van der Waals surface area contributed by atoms with Crippen LogP contribution in [0, 0.1) is 0 Å². The summed E-state index contributed by atoms with van der Waals surface area (Å²) in [6, 6.07) is 2.35. The first-order valence-corrected chi connectivity index (χ1v) is 7.45. The Kier molecular flexibility index (Phi) is 4.35. The third kappa shape index (κ3) is 3.36. The molecular weight excluding hydrogens is 204 g/mol. The number of likely N-dealkylation sites (tertiary alicyclic amines) is 1. The van der Waals surface area contributed by atoms with Crippen LogP contribution >= 0.6 is 11.8 Å². The Labute approximate surface area is 98.2 Å². The molecule has 0 radical (unpaired) electrons. The highest BCUT2D eigenvalue weighted by molar-refractivity contribution is 7.99. The Morgan fingerprint density at radius 2 is 1.87 bits per heavy atom. The number of rotatable bonds is 2. The zero-order valence-electron chi connectivity index (χ0n) is 10.0. The number of hydrogen-bond donors (Lipinski definition) is 1. The average Bonchev–Trinajstić information content (AvgIpc) is 2.25. The fraction of sp³-hybridized carbons (Fsp3) is 1.00. The summed E-state index contributed by atoms with van der Waals surface area (Å²) in [4.78, 5) is 2.48. The highest BCUT2D eigenvalue weighted by Crippen LogP contribution is 2.21. The van der Waals surface area contributed by atoms with Crippen LogP contribution in [-0.4, -0.2) is 48.1 Å². The molecule has 2 aliphatic heterocycles. The van der Waals surface area contributed by atoms with E-state index < -0.39 is 0 Å². The monoisotopic (exact) mass is 228 g/mol. The van der Waals surface area contributed by atoms with E-state index in [-0.39, 0.29) is 0 Å². The highest BCUT2D eigenvalue weighted by Gasteiger charge is 2.25. The van der Waals surface area contributed by atoms with Gasteiger partial charge >= 0.3 is 0 Å². The van der Waals surface area contributed by atoms with Gasteiger partial charge in [0.2, 0.25) is 0 Å². The van der Waals surface area contributed by atoms with Gasteiger partial charge in [0.25, 0.3) is 0 Å². The van der Waals surface area contributed by atoms with Crippen LogP contribution in [0.15, 0.2) is 0 Å². The normalized spacial score (nSPS) is 35.6. The molecule has 2 unspecified atom stereocenters. The van der Waals surface area contributed by atoms with E-state index in [1.54, 1.807) is 0 Å². The maximum Gasteiger partial charge on any atom is 0.00966 e. The molecule has 2 rings (SSSR count). The third-order valence-electron chi connectivity index (χ3n) is 3.90. The minimum Gasteiger partial charge on any atom is -0.311 e. The van der Waals surface area contributed by atoms with Gasteiger partial charge in [-0.05, 0) is 57.7 Å².